The number of ketones is 1. The van der Waals surface area contributed by atoms with E-state index in [1.807, 2.05) is 41.8 Å². The number of rotatable bonds is 6. The number of benzene rings is 1. The first kappa shape index (κ1) is 18.9. The SMILES string of the molecule is COC(=O)c1c(C)[nH]c(C(=O)[C@@H](C)Sc2nncn2-c2ccccc2)c1C. The van der Waals surface area contributed by atoms with Crippen LogP contribution in [0.5, 0.6) is 0 Å². The molecule has 0 bridgehead atoms. The highest BCUT2D eigenvalue weighted by Gasteiger charge is 2.27. The Bertz CT molecular complexity index is 978. The zero-order valence-corrected chi connectivity index (χ0v) is 16.3. The first-order valence-corrected chi connectivity index (χ1v) is 9.25. The van der Waals surface area contributed by atoms with Gasteiger partial charge < -0.3 is 9.72 Å². The van der Waals surface area contributed by atoms with E-state index in [0.717, 1.165) is 5.69 Å². The van der Waals surface area contributed by atoms with Gasteiger partial charge in [0.25, 0.3) is 0 Å². The average Bonchev–Trinajstić information content (AvgIpc) is 3.25. The van der Waals surface area contributed by atoms with E-state index in [1.165, 1.54) is 18.9 Å². The molecule has 8 heteroatoms. The summed E-state index contributed by atoms with van der Waals surface area (Å²) in [6.07, 6.45) is 1.62. The van der Waals surface area contributed by atoms with E-state index in [2.05, 4.69) is 15.2 Å². The molecule has 0 aliphatic heterocycles. The van der Waals surface area contributed by atoms with E-state index in [4.69, 9.17) is 4.74 Å². The Kier molecular flexibility index (Phi) is 5.46. The topological polar surface area (TPSA) is 89.9 Å². The molecule has 1 aromatic carbocycles. The molecule has 1 N–H and O–H groups in total. The quantitative estimate of drug-likeness (QED) is 0.398. The number of methoxy groups -OCH3 is 1. The van der Waals surface area contributed by atoms with E-state index in [-0.39, 0.29) is 5.78 Å². The van der Waals surface area contributed by atoms with Crippen molar-refractivity contribution < 1.29 is 14.3 Å². The standard InChI is InChI=1S/C19H20N4O3S/c1-11-15(18(25)26-4)12(2)21-16(11)17(24)13(3)27-19-22-20-10-23(19)14-8-6-5-7-9-14/h5-10,13,21H,1-4H3/t13-/m1/s1. The molecular formula is C19H20N4O3S. The number of aromatic amines is 1. The van der Waals surface area contributed by atoms with Crippen molar-refractivity contribution in [3.8, 4) is 5.69 Å². The van der Waals surface area contributed by atoms with E-state index in [9.17, 15) is 9.59 Å². The van der Waals surface area contributed by atoms with Crippen molar-refractivity contribution in [2.45, 2.75) is 31.2 Å². The number of thioether (sulfide) groups is 1. The van der Waals surface area contributed by atoms with Crippen LogP contribution in [-0.2, 0) is 4.74 Å². The third-order valence-corrected chi connectivity index (χ3v) is 5.33. The van der Waals surface area contributed by atoms with Gasteiger partial charge in [0, 0.05) is 11.4 Å². The van der Waals surface area contributed by atoms with Crippen LogP contribution in [0.1, 0.15) is 39.0 Å². The summed E-state index contributed by atoms with van der Waals surface area (Å²) in [5, 5.41) is 8.30. The number of nitrogens with one attached hydrogen (secondary N) is 1. The lowest BCUT2D eigenvalue weighted by Gasteiger charge is -2.11. The molecule has 3 aromatic rings. The average molecular weight is 384 g/mol. The van der Waals surface area contributed by atoms with E-state index in [1.54, 1.807) is 20.2 Å². The lowest BCUT2D eigenvalue weighted by Crippen LogP contribution is -2.16. The van der Waals surface area contributed by atoms with Gasteiger partial charge in [-0.05, 0) is 38.5 Å². The number of Topliss-reactive ketones (excluding diaryl/α,β-unsaturated/α-hetero) is 1. The van der Waals surface area contributed by atoms with E-state index >= 15 is 0 Å². The molecule has 0 amide bonds. The van der Waals surface area contributed by atoms with Crippen LogP contribution < -0.4 is 0 Å². The Hall–Kier alpha value is -2.87. The van der Waals surface area contributed by atoms with Crippen molar-refractivity contribution in [3.63, 3.8) is 0 Å². The zero-order valence-electron chi connectivity index (χ0n) is 15.5. The summed E-state index contributed by atoms with van der Waals surface area (Å²) in [5.74, 6) is -0.567. The number of carbonyl (C=O) groups is 2. The molecule has 2 heterocycles. The fraction of sp³-hybridized carbons (Fsp3) is 0.263. The predicted molar refractivity (Wildman–Crippen MR) is 103 cm³/mol. The Morgan fingerprint density at radius 3 is 2.59 bits per heavy atom. The first-order valence-electron chi connectivity index (χ1n) is 8.37. The van der Waals surface area contributed by atoms with Crippen LogP contribution in [0.15, 0.2) is 41.8 Å². The monoisotopic (exact) mass is 384 g/mol. The molecule has 140 valence electrons. The maximum absolute atomic E-state index is 13.0. The van der Waals surface area contributed by atoms with Crippen molar-refractivity contribution in [3.05, 3.63) is 59.2 Å². The molecule has 0 fully saturated rings. The molecule has 0 unspecified atom stereocenters. The summed E-state index contributed by atoms with van der Waals surface area (Å²) >= 11 is 1.32. The second-order valence-corrected chi connectivity index (χ2v) is 7.37. The summed E-state index contributed by atoms with van der Waals surface area (Å²) in [6, 6.07) is 9.68. The first-order chi connectivity index (χ1) is 12.9. The van der Waals surface area contributed by atoms with Gasteiger partial charge >= 0.3 is 5.97 Å². The summed E-state index contributed by atoms with van der Waals surface area (Å²) in [6.45, 7) is 5.30. The molecule has 2 aromatic heterocycles. The van der Waals surface area contributed by atoms with Crippen molar-refractivity contribution >= 4 is 23.5 Å². The third kappa shape index (κ3) is 3.66. The number of nitrogens with zero attached hydrogens (tertiary/aromatic N) is 3. The number of hydrogen-bond donors (Lipinski definition) is 1. The zero-order chi connectivity index (χ0) is 19.6. The highest BCUT2D eigenvalue weighted by molar-refractivity contribution is 8.00. The maximum atomic E-state index is 13.0. The normalized spacial score (nSPS) is 12.0. The lowest BCUT2D eigenvalue weighted by atomic mass is 10.1. The predicted octanol–water partition coefficient (Wildman–Crippen LogP) is 3.36. The smallest absolute Gasteiger partial charge is 0.339 e. The van der Waals surface area contributed by atoms with Crippen LogP contribution in [0.3, 0.4) is 0 Å². The minimum Gasteiger partial charge on any atom is -0.465 e. The largest absolute Gasteiger partial charge is 0.465 e. The van der Waals surface area contributed by atoms with Gasteiger partial charge in [-0.3, -0.25) is 9.36 Å². The minimum absolute atomic E-state index is 0.113. The molecule has 3 rings (SSSR count). The number of aromatic nitrogens is 4. The molecule has 1 atom stereocenters. The number of hydrogen-bond acceptors (Lipinski definition) is 6. The van der Waals surface area contributed by atoms with Gasteiger partial charge in [0.2, 0.25) is 0 Å². The number of esters is 1. The molecule has 0 spiro atoms. The highest BCUT2D eigenvalue weighted by atomic mass is 32.2. The molecule has 0 saturated carbocycles. The van der Waals surface area contributed by atoms with Gasteiger partial charge in [-0.15, -0.1) is 10.2 Å². The Labute approximate surface area is 161 Å². The van der Waals surface area contributed by atoms with Gasteiger partial charge in [0.1, 0.15) is 6.33 Å². The molecular weight excluding hydrogens is 364 g/mol. The van der Waals surface area contributed by atoms with Gasteiger partial charge in [0.15, 0.2) is 10.9 Å². The molecule has 0 aliphatic rings. The maximum Gasteiger partial charge on any atom is 0.339 e. The molecule has 7 nitrogen and oxygen atoms in total. The fourth-order valence-corrected chi connectivity index (χ4v) is 3.79. The summed E-state index contributed by atoms with van der Waals surface area (Å²) in [5.41, 5.74) is 2.96. The molecule has 0 saturated heterocycles. The van der Waals surface area contributed by atoms with Gasteiger partial charge in [-0.25, -0.2) is 4.79 Å². The van der Waals surface area contributed by atoms with Crippen molar-refractivity contribution in [1.29, 1.82) is 0 Å². The van der Waals surface area contributed by atoms with Gasteiger partial charge in [-0.2, -0.15) is 0 Å². The van der Waals surface area contributed by atoms with Gasteiger partial charge in [-0.1, -0.05) is 30.0 Å². The van der Waals surface area contributed by atoms with Crippen molar-refractivity contribution in [1.82, 2.24) is 19.7 Å². The second-order valence-electron chi connectivity index (χ2n) is 6.06. The van der Waals surface area contributed by atoms with Crippen molar-refractivity contribution in [2.24, 2.45) is 0 Å². The van der Waals surface area contributed by atoms with Crippen LogP contribution >= 0.6 is 11.8 Å². The fourth-order valence-electron chi connectivity index (χ4n) is 2.89. The molecule has 0 radical (unpaired) electrons. The Morgan fingerprint density at radius 2 is 1.93 bits per heavy atom. The van der Waals surface area contributed by atoms with Crippen LogP contribution in [0, 0.1) is 13.8 Å². The molecule has 27 heavy (non-hydrogen) atoms. The number of aryl methyl sites for hydroxylation is 1. The van der Waals surface area contributed by atoms with E-state index < -0.39 is 11.2 Å². The van der Waals surface area contributed by atoms with Crippen LogP contribution in [0.25, 0.3) is 5.69 Å². The third-order valence-electron chi connectivity index (χ3n) is 4.28. The van der Waals surface area contributed by atoms with Gasteiger partial charge in [0.05, 0.1) is 23.6 Å². The lowest BCUT2D eigenvalue weighted by molar-refractivity contribution is 0.0599. The summed E-state index contributed by atoms with van der Waals surface area (Å²) in [4.78, 5) is 27.9. The second kappa shape index (κ2) is 7.79. The Morgan fingerprint density at radius 1 is 1.22 bits per heavy atom. The van der Waals surface area contributed by atoms with Crippen molar-refractivity contribution in [2.75, 3.05) is 7.11 Å². The summed E-state index contributed by atoms with van der Waals surface area (Å²) < 4.78 is 6.64. The Balaban J connectivity index is 1.84. The highest BCUT2D eigenvalue weighted by Crippen LogP contribution is 2.28. The molecule has 0 aliphatic carbocycles. The van der Waals surface area contributed by atoms with Crippen LogP contribution in [0.2, 0.25) is 0 Å². The van der Waals surface area contributed by atoms with Crippen LogP contribution in [-0.4, -0.2) is 43.9 Å². The number of ether oxygens (including phenoxy) is 1. The van der Waals surface area contributed by atoms with Crippen LogP contribution in [0.4, 0.5) is 0 Å². The van der Waals surface area contributed by atoms with E-state index in [0.29, 0.717) is 27.7 Å². The summed E-state index contributed by atoms with van der Waals surface area (Å²) in [7, 11) is 1.32. The minimum atomic E-state index is -0.454. The number of carbonyl (C=O) groups excluding carboxylic acids is 2. The number of H-pyrrole nitrogens is 1. The number of para-hydroxylation sites is 1.